The van der Waals surface area contributed by atoms with Crippen LogP contribution in [0.15, 0.2) is 54.9 Å². The third kappa shape index (κ3) is 6.16. The number of piperidine rings is 1. The van der Waals surface area contributed by atoms with Gasteiger partial charge in [-0.25, -0.2) is 0 Å². The SMILES string of the molecule is CC#CC(=O)N1CCC[C@@H](n2nc(-c3ccc(Oc4cccc(OC)c4F)cc3)c3cncc(OCCN(C)C)c32)C1. The highest BCUT2D eigenvalue weighted by molar-refractivity contribution is 5.96. The molecule has 0 N–H and O–H groups in total. The van der Waals surface area contributed by atoms with Crippen LogP contribution in [0.5, 0.6) is 23.0 Å². The molecule has 1 aliphatic rings. The Morgan fingerprint density at radius 1 is 1.12 bits per heavy atom. The number of aromatic nitrogens is 3. The number of carbonyl (C=O) groups excluding carboxylic acids is 1. The molecule has 0 unspecified atom stereocenters. The summed E-state index contributed by atoms with van der Waals surface area (Å²) in [7, 11) is 5.40. The van der Waals surface area contributed by atoms with Crippen molar-refractivity contribution in [2.45, 2.75) is 25.8 Å². The molecule has 1 saturated heterocycles. The smallest absolute Gasteiger partial charge is 0.298 e. The number of benzene rings is 2. The van der Waals surface area contributed by atoms with Crippen molar-refractivity contribution in [1.29, 1.82) is 0 Å². The molecule has 9 nitrogen and oxygen atoms in total. The van der Waals surface area contributed by atoms with Crippen LogP contribution in [0.25, 0.3) is 22.2 Å². The quantitative estimate of drug-likeness (QED) is 0.257. The van der Waals surface area contributed by atoms with Crippen LogP contribution in [0.3, 0.4) is 0 Å². The molecule has 5 rings (SSSR count). The lowest BCUT2D eigenvalue weighted by Gasteiger charge is -2.32. The van der Waals surface area contributed by atoms with Gasteiger partial charge in [0.15, 0.2) is 17.2 Å². The number of pyridine rings is 1. The maximum atomic E-state index is 14.6. The van der Waals surface area contributed by atoms with Crippen LogP contribution in [0.1, 0.15) is 25.8 Å². The van der Waals surface area contributed by atoms with Gasteiger partial charge in [-0.3, -0.25) is 14.5 Å². The van der Waals surface area contributed by atoms with Crippen LogP contribution < -0.4 is 14.2 Å². The molecule has 0 radical (unpaired) electrons. The first kappa shape index (κ1) is 28.9. The maximum absolute atomic E-state index is 14.6. The van der Waals surface area contributed by atoms with Gasteiger partial charge in [-0.15, -0.1) is 0 Å². The number of rotatable bonds is 9. The number of fused-ring (bicyclic) bond motifs is 1. The number of hydrogen-bond donors (Lipinski definition) is 0. The first-order valence-corrected chi connectivity index (χ1v) is 13.9. The predicted octanol–water partition coefficient (Wildman–Crippen LogP) is 5.17. The Balaban J connectivity index is 1.51. The summed E-state index contributed by atoms with van der Waals surface area (Å²) in [5.41, 5.74) is 2.40. The fourth-order valence-corrected chi connectivity index (χ4v) is 5.04. The number of methoxy groups -OCH3 is 1. The van der Waals surface area contributed by atoms with Gasteiger partial charge in [-0.05, 0) is 76.2 Å². The number of likely N-dealkylation sites (tertiary alicyclic amines) is 1. The second-order valence-corrected chi connectivity index (χ2v) is 10.3. The first-order chi connectivity index (χ1) is 20.4. The van der Waals surface area contributed by atoms with Gasteiger partial charge < -0.3 is 24.0 Å². The van der Waals surface area contributed by atoms with Crippen LogP contribution in [0, 0.1) is 17.7 Å². The van der Waals surface area contributed by atoms with Gasteiger partial charge in [-0.2, -0.15) is 9.49 Å². The second kappa shape index (κ2) is 12.9. The number of hydrogen-bond acceptors (Lipinski definition) is 7. The lowest BCUT2D eigenvalue weighted by molar-refractivity contribution is -0.126. The van der Waals surface area contributed by atoms with Crippen LogP contribution in [-0.2, 0) is 4.79 Å². The average molecular weight is 572 g/mol. The van der Waals surface area contributed by atoms with Crippen molar-refractivity contribution < 1.29 is 23.4 Å². The lowest BCUT2D eigenvalue weighted by Crippen LogP contribution is -2.40. The van der Waals surface area contributed by atoms with Crippen molar-refractivity contribution in [3.63, 3.8) is 0 Å². The number of ether oxygens (including phenoxy) is 3. The maximum Gasteiger partial charge on any atom is 0.298 e. The van der Waals surface area contributed by atoms with Crippen LogP contribution in [-0.4, -0.2) is 77.9 Å². The van der Waals surface area contributed by atoms with E-state index in [-0.39, 0.29) is 23.4 Å². The minimum Gasteiger partial charge on any atom is -0.494 e. The number of nitrogens with zero attached hydrogens (tertiary/aromatic N) is 5. The molecule has 0 bridgehead atoms. The molecule has 0 spiro atoms. The van der Waals surface area contributed by atoms with E-state index in [2.05, 4.69) is 21.7 Å². The molecular formula is C32H34FN5O4. The van der Waals surface area contributed by atoms with Gasteiger partial charge in [0.2, 0.25) is 5.82 Å². The zero-order valence-electron chi connectivity index (χ0n) is 24.3. The van der Waals surface area contributed by atoms with Gasteiger partial charge >= 0.3 is 0 Å². The summed E-state index contributed by atoms with van der Waals surface area (Å²) in [5.74, 6) is 5.93. The Hall–Kier alpha value is -4.62. The molecule has 1 aliphatic heterocycles. The first-order valence-electron chi connectivity index (χ1n) is 13.9. The Labute approximate surface area is 244 Å². The van der Waals surface area contributed by atoms with Crippen molar-refractivity contribution in [2.75, 3.05) is 47.4 Å². The lowest BCUT2D eigenvalue weighted by atomic mass is 10.1. The Kier molecular flexibility index (Phi) is 8.88. The minimum atomic E-state index is -0.563. The largest absolute Gasteiger partial charge is 0.494 e. The highest BCUT2D eigenvalue weighted by Crippen LogP contribution is 2.37. The second-order valence-electron chi connectivity index (χ2n) is 10.3. The van der Waals surface area contributed by atoms with E-state index in [0.717, 1.165) is 41.5 Å². The molecule has 0 saturated carbocycles. The topological polar surface area (TPSA) is 82.0 Å². The van der Waals surface area contributed by atoms with Gasteiger partial charge in [-0.1, -0.05) is 12.0 Å². The van der Waals surface area contributed by atoms with Gasteiger partial charge in [0.05, 0.1) is 24.7 Å². The van der Waals surface area contributed by atoms with E-state index in [1.807, 2.05) is 30.9 Å². The van der Waals surface area contributed by atoms with Crippen molar-refractivity contribution in [2.24, 2.45) is 0 Å². The van der Waals surface area contributed by atoms with Crippen molar-refractivity contribution in [3.8, 4) is 46.1 Å². The molecule has 10 heteroatoms. The number of halogens is 1. The molecule has 2 aromatic carbocycles. The van der Waals surface area contributed by atoms with Crippen LogP contribution in [0.2, 0.25) is 0 Å². The fourth-order valence-electron chi connectivity index (χ4n) is 5.04. The molecule has 42 heavy (non-hydrogen) atoms. The third-order valence-corrected chi connectivity index (χ3v) is 7.14. The number of amides is 1. The van der Waals surface area contributed by atoms with E-state index < -0.39 is 5.82 Å². The van der Waals surface area contributed by atoms with E-state index in [4.69, 9.17) is 19.3 Å². The van der Waals surface area contributed by atoms with Crippen LogP contribution in [0.4, 0.5) is 4.39 Å². The fraction of sp³-hybridized carbons (Fsp3) is 0.344. The highest BCUT2D eigenvalue weighted by atomic mass is 19.1. The monoisotopic (exact) mass is 571 g/mol. The molecule has 3 heterocycles. The summed E-state index contributed by atoms with van der Waals surface area (Å²) in [6.45, 7) is 4.07. The molecular weight excluding hydrogens is 537 g/mol. The van der Waals surface area contributed by atoms with E-state index >= 15 is 0 Å². The average Bonchev–Trinajstić information content (AvgIpc) is 3.39. The molecule has 1 amide bonds. The van der Waals surface area contributed by atoms with Crippen molar-refractivity contribution in [3.05, 3.63) is 60.7 Å². The third-order valence-electron chi connectivity index (χ3n) is 7.14. The summed E-state index contributed by atoms with van der Waals surface area (Å²) in [6, 6.07) is 12.0. The van der Waals surface area contributed by atoms with E-state index in [1.54, 1.807) is 48.5 Å². The molecule has 2 aromatic heterocycles. The summed E-state index contributed by atoms with van der Waals surface area (Å²) in [4.78, 5) is 20.9. The number of likely N-dealkylation sites (N-methyl/N-ethyl adjacent to an activating group) is 1. The van der Waals surface area contributed by atoms with E-state index in [9.17, 15) is 9.18 Å². The summed E-state index contributed by atoms with van der Waals surface area (Å²) in [6.07, 6.45) is 5.20. The van der Waals surface area contributed by atoms with E-state index in [1.165, 1.54) is 13.2 Å². The molecule has 1 atom stereocenters. The Morgan fingerprint density at radius 2 is 1.90 bits per heavy atom. The normalized spacial score (nSPS) is 14.9. The van der Waals surface area contributed by atoms with Gasteiger partial charge in [0.1, 0.15) is 23.6 Å². The predicted molar refractivity (Wildman–Crippen MR) is 158 cm³/mol. The van der Waals surface area contributed by atoms with Crippen LogP contribution >= 0.6 is 0 Å². The zero-order chi connectivity index (χ0) is 29.6. The van der Waals surface area contributed by atoms with Crippen molar-refractivity contribution in [1.82, 2.24) is 24.6 Å². The Morgan fingerprint density at radius 3 is 2.64 bits per heavy atom. The summed E-state index contributed by atoms with van der Waals surface area (Å²) < 4.78 is 33.7. The molecule has 4 aromatic rings. The van der Waals surface area contributed by atoms with Gasteiger partial charge in [0.25, 0.3) is 5.91 Å². The highest BCUT2D eigenvalue weighted by Gasteiger charge is 2.28. The minimum absolute atomic E-state index is 0.0603. The molecule has 218 valence electrons. The molecule has 0 aliphatic carbocycles. The summed E-state index contributed by atoms with van der Waals surface area (Å²) >= 11 is 0. The zero-order valence-corrected chi connectivity index (χ0v) is 24.3. The summed E-state index contributed by atoms with van der Waals surface area (Å²) in [5, 5.41) is 5.91. The van der Waals surface area contributed by atoms with Crippen molar-refractivity contribution >= 4 is 16.8 Å². The Bertz CT molecular complexity index is 1620. The molecule has 1 fully saturated rings. The van der Waals surface area contributed by atoms with E-state index in [0.29, 0.717) is 31.2 Å². The standard InChI is InChI=1S/C32H34FN5O4/c1-5-8-29(39)37-16-7-9-23(21-37)38-32-25(19-34-20-28(32)41-18-17-36(2)3)31(35-38)22-12-14-24(15-13-22)42-27-11-6-10-26(40-4)30(27)33/h6,10-15,19-20,23H,7,9,16-18,21H2,1-4H3/t23-/m1/s1. The number of carbonyl (C=O) groups is 1. The van der Waals surface area contributed by atoms with Gasteiger partial charge in [0, 0.05) is 31.4 Å².